The molecule has 3 amide bonds. The van der Waals surface area contributed by atoms with E-state index in [0.717, 1.165) is 43.9 Å². The third-order valence-electron chi connectivity index (χ3n) is 8.28. The van der Waals surface area contributed by atoms with Crippen molar-refractivity contribution in [3.05, 3.63) is 54.1 Å². The van der Waals surface area contributed by atoms with Crippen LogP contribution in [-0.2, 0) is 9.47 Å². The molecule has 1 aromatic carbocycles. The van der Waals surface area contributed by atoms with Crippen LogP contribution < -0.4 is 15.5 Å². The van der Waals surface area contributed by atoms with E-state index >= 15 is 0 Å². The zero-order chi connectivity index (χ0) is 30.5. The van der Waals surface area contributed by atoms with Gasteiger partial charge >= 0.3 is 6.03 Å². The summed E-state index contributed by atoms with van der Waals surface area (Å²) in [5.74, 6) is 2.18. The van der Waals surface area contributed by atoms with Gasteiger partial charge in [0, 0.05) is 63.1 Å². The number of rotatable bonds is 6. The van der Waals surface area contributed by atoms with E-state index in [1.54, 1.807) is 17.0 Å². The minimum atomic E-state index is -0.414. The number of likely N-dealkylation sites (N-methyl/N-ethyl adjacent to an activating group) is 1. The van der Waals surface area contributed by atoms with Crippen molar-refractivity contribution in [2.24, 2.45) is 0 Å². The third kappa shape index (κ3) is 7.12. The van der Waals surface area contributed by atoms with E-state index in [1.807, 2.05) is 31.3 Å². The first-order valence-corrected chi connectivity index (χ1v) is 15.2. The van der Waals surface area contributed by atoms with Gasteiger partial charge in [0.15, 0.2) is 5.82 Å². The fourth-order valence-corrected chi connectivity index (χ4v) is 5.56. The van der Waals surface area contributed by atoms with Crippen LogP contribution in [0.3, 0.4) is 0 Å². The number of nitrogens with zero attached hydrogens (tertiary/aromatic N) is 7. The molecule has 1 atom stereocenters. The number of nitrogens with one attached hydrogen (secondary N) is 2. The molecule has 0 saturated carbocycles. The number of pyridine rings is 1. The Morgan fingerprint density at radius 3 is 2.27 bits per heavy atom. The normalized spacial score (nSPS) is 19.9. The standard InChI is InChI=1S/C31H39N9O4/c1-21-20-44-18-15-40(21)30-36-27(35-28(37-30)23-9-16-43-17-10-23)22-3-5-24(6-4-22)33-31(42)34-25-7-8-26(32-19-25)29(41)39-13-11-38(2)12-14-39/h3-8,19,21,23H,9-18,20H2,1-2H3,(H2,33,34,42). The second-order valence-corrected chi connectivity index (χ2v) is 11.5. The van der Waals surface area contributed by atoms with Gasteiger partial charge in [-0.1, -0.05) is 0 Å². The molecule has 2 aromatic heterocycles. The Labute approximate surface area is 257 Å². The summed E-state index contributed by atoms with van der Waals surface area (Å²) in [6, 6.07) is 10.5. The molecule has 6 rings (SSSR count). The molecular weight excluding hydrogens is 562 g/mol. The largest absolute Gasteiger partial charge is 0.381 e. The summed E-state index contributed by atoms with van der Waals surface area (Å²) in [6.45, 7) is 8.54. The van der Waals surface area contributed by atoms with Crippen molar-refractivity contribution in [2.75, 3.05) is 81.7 Å². The molecule has 3 aliphatic heterocycles. The van der Waals surface area contributed by atoms with Crippen LogP contribution in [0.2, 0.25) is 0 Å². The summed E-state index contributed by atoms with van der Waals surface area (Å²) < 4.78 is 11.2. The molecule has 3 aromatic rings. The maximum Gasteiger partial charge on any atom is 0.323 e. The van der Waals surface area contributed by atoms with Crippen LogP contribution in [0.15, 0.2) is 42.6 Å². The molecule has 44 heavy (non-hydrogen) atoms. The van der Waals surface area contributed by atoms with Crippen LogP contribution >= 0.6 is 0 Å². The lowest BCUT2D eigenvalue weighted by Gasteiger charge is -2.34. The second-order valence-electron chi connectivity index (χ2n) is 11.5. The Bertz CT molecular complexity index is 1440. The highest BCUT2D eigenvalue weighted by Crippen LogP contribution is 2.29. The Kier molecular flexibility index (Phi) is 9.24. The van der Waals surface area contributed by atoms with Gasteiger partial charge in [0.1, 0.15) is 11.5 Å². The van der Waals surface area contributed by atoms with Crippen LogP contribution in [-0.4, -0.2) is 114 Å². The number of urea groups is 1. The Morgan fingerprint density at radius 1 is 0.841 bits per heavy atom. The quantitative estimate of drug-likeness (QED) is 0.434. The SMILES string of the molecule is CC1COCCN1c1nc(-c2ccc(NC(=O)Nc3ccc(C(=O)N4CCN(C)CC4)nc3)cc2)nc(C2CCOCC2)n1. The number of piperazine rings is 1. The monoisotopic (exact) mass is 601 g/mol. The molecule has 0 aliphatic carbocycles. The third-order valence-corrected chi connectivity index (χ3v) is 8.28. The number of hydrogen-bond donors (Lipinski definition) is 2. The number of amides is 3. The number of morpholine rings is 1. The van der Waals surface area contributed by atoms with Crippen LogP contribution in [0.5, 0.6) is 0 Å². The summed E-state index contributed by atoms with van der Waals surface area (Å²) in [7, 11) is 2.04. The summed E-state index contributed by atoms with van der Waals surface area (Å²) in [4.78, 5) is 50.5. The average molecular weight is 602 g/mol. The molecule has 13 nitrogen and oxygen atoms in total. The van der Waals surface area contributed by atoms with E-state index in [9.17, 15) is 9.59 Å². The summed E-state index contributed by atoms with van der Waals surface area (Å²) in [5.41, 5.74) is 2.30. The molecule has 3 aliphatic rings. The molecular formula is C31H39N9O4. The highest BCUT2D eigenvalue weighted by atomic mass is 16.5. The number of anilines is 3. The minimum absolute atomic E-state index is 0.0983. The van der Waals surface area contributed by atoms with Crippen LogP contribution in [0, 0.1) is 0 Å². The lowest BCUT2D eigenvalue weighted by atomic mass is 9.99. The highest BCUT2D eigenvalue weighted by Gasteiger charge is 2.26. The van der Waals surface area contributed by atoms with Gasteiger partial charge in [0.25, 0.3) is 5.91 Å². The molecule has 0 bridgehead atoms. The Morgan fingerprint density at radius 2 is 1.57 bits per heavy atom. The maximum atomic E-state index is 12.7. The van der Waals surface area contributed by atoms with Gasteiger partial charge in [-0.3, -0.25) is 4.79 Å². The molecule has 3 saturated heterocycles. The van der Waals surface area contributed by atoms with E-state index in [-0.39, 0.29) is 17.9 Å². The van der Waals surface area contributed by atoms with Crippen LogP contribution in [0.25, 0.3) is 11.4 Å². The van der Waals surface area contributed by atoms with E-state index in [2.05, 4.69) is 32.3 Å². The predicted octanol–water partition coefficient (Wildman–Crippen LogP) is 3.08. The predicted molar refractivity (Wildman–Crippen MR) is 166 cm³/mol. The van der Waals surface area contributed by atoms with Crippen molar-refractivity contribution in [3.63, 3.8) is 0 Å². The van der Waals surface area contributed by atoms with Gasteiger partial charge in [-0.25, -0.2) is 14.8 Å². The lowest BCUT2D eigenvalue weighted by molar-refractivity contribution is 0.0658. The zero-order valence-electron chi connectivity index (χ0n) is 25.2. The number of aromatic nitrogens is 4. The number of ether oxygens (including phenoxy) is 2. The zero-order valence-corrected chi connectivity index (χ0v) is 25.2. The first-order valence-electron chi connectivity index (χ1n) is 15.2. The van der Waals surface area contributed by atoms with Crippen molar-refractivity contribution in [1.29, 1.82) is 0 Å². The fourth-order valence-electron chi connectivity index (χ4n) is 5.56. The molecule has 0 spiro atoms. The van der Waals surface area contributed by atoms with Crippen LogP contribution in [0.1, 0.15) is 42.0 Å². The molecule has 0 radical (unpaired) electrons. The topological polar surface area (TPSA) is 138 Å². The van der Waals surface area contributed by atoms with E-state index in [4.69, 9.17) is 24.4 Å². The summed E-state index contributed by atoms with van der Waals surface area (Å²) >= 11 is 0. The summed E-state index contributed by atoms with van der Waals surface area (Å²) in [6.07, 6.45) is 3.25. The molecule has 2 N–H and O–H groups in total. The van der Waals surface area contributed by atoms with Gasteiger partial charge in [-0.2, -0.15) is 9.97 Å². The van der Waals surface area contributed by atoms with Gasteiger partial charge in [-0.05, 0) is 63.2 Å². The van der Waals surface area contributed by atoms with Gasteiger partial charge < -0.3 is 34.8 Å². The van der Waals surface area contributed by atoms with E-state index < -0.39 is 6.03 Å². The van der Waals surface area contributed by atoms with Crippen molar-refractivity contribution in [2.45, 2.75) is 31.7 Å². The van der Waals surface area contributed by atoms with Crippen molar-refractivity contribution >= 4 is 29.3 Å². The molecule has 3 fully saturated rings. The first kappa shape index (κ1) is 29.9. The number of benzene rings is 1. The van der Waals surface area contributed by atoms with Crippen molar-refractivity contribution < 1.29 is 19.1 Å². The van der Waals surface area contributed by atoms with Crippen molar-refractivity contribution in [3.8, 4) is 11.4 Å². The lowest BCUT2D eigenvalue weighted by Crippen LogP contribution is -2.47. The van der Waals surface area contributed by atoms with Gasteiger partial charge in [-0.15, -0.1) is 0 Å². The minimum Gasteiger partial charge on any atom is -0.381 e. The first-order chi connectivity index (χ1) is 21.4. The fraction of sp³-hybridized carbons (Fsp3) is 0.484. The van der Waals surface area contributed by atoms with Gasteiger partial charge in [0.2, 0.25) is 5.95 Å². The number of carbonyl (C=O) groups is 2. The Balaban J connectivity index is 1.11. The number of hydrogen-bond acceptors (Lipinski definition) is 10. The smallest absolute Gasteiger partial charge is 0.323 e. The maximum absolute atomic E-state index is 12.7. The van der Waals surface area contributed by atoms with Crippen LogP contribution in [0.4, 0.5) is 22.1 Å². The van der Waals surface area contributed by atoms with E-state index in [1.165, 1.54) is 6.20 Å². The molecule has 5 heterocycles. The van der Waals surface area contributed by atoms with Crippen molar-refractivity contribution in [1.82, 2.24) is 29.7 Å². The highest BCUT2D eigenvalue weighted by molar-refractivity contribution is 6.00. The van der Waals surface area contributed by atoms with E-state index in [0.29, 0.717) is 68.4 Å². The molecule has 232 valence electrons. The Hall–Kier alpha value is -4.20. The molecule has 1 unspecified atom stereocenters. The van der Waals surface area contributed by atoms with Gasteiger partial charge in [0.05, 0.1) is 31.1 Å². The second kappa shape index (κ2) is 13.6. The average Bonchev–Trinajstić information content (AvgIpc) is 3.06. The summed E-state index contributed by atoms with van der Waals surface area (Å²) in [5, 5.41) is 5.62. The number of carbonyl (C=O) groups excluding carboxylic acids is 2. The molecule has 13 heteroatoms.